The van der Waals surface area contributed by atoms with E-state index in [0.717, 1.165) is 16.9 Å². The lowest BCUT2D eigenvalue weighted by molar-refractivity contribution is -0.122. The number of aryl methyl sites for hydroxylation is 1. The van der Waals surface area contributed by atoms with Crippen molar-refractivity contribution in [1.82, 2.24) is 0 Å². The van der Waals surface area contributed by atoms with Crippen LogP contribution in [0.3, 0.4) is 0 Å². The standard InChI is InChI=1S/C22H27NO4/c1-6-26-22(25)17-8-10-18(11-9-17)23-21(24)16(5)27-20-13-15(4)7-12-19(20)14(2)3/h7-14,16H,6H2,1-5H3,(H,23,24)/t16-/m0/s1. The maximum absolute atomic E-state index is 12.5. The second kappa shape index (κ2) is 9.21. The van der Waals surface area contributed by atoms with Crippen LogP contribution in [0.2, 0.25) is 0 Å². The van der Waals surface area contributed by atoms with Gasteiger partial charge in [0.05, 0.1) is 12.2 Å². The van der Waals surface area contributed by atoms with Crippen molar-refractivity contribution in [2.75, 3.05) is 11.9 Å². The Kier molecular flexibility index (Phi) is 6.99. The Labute approximate surface area is 160 Å². The topological polar surface area (TPSA) is 64.6 Å². The molecule has 2 aromatic rings. The van der Waals surface area contributed by atoms with Gasteiger partial charge in [-0.05, 0) is 68.1 Å². The minimum atomic E-state index is -0.658. The summed E-state index contributed by atoms with van der Waals surface area (Å²) in [6, 6.07) is 12.6. The highest BCUT2D eigenvalue weighted by Gasteiger charge is 2.18. The van der Waals surface area contributed by atoms with Crippen molar-refractivity contribution < 1.29 is 19.1 Å². The van der Waals surface area contributed by atoms with E-state index in [2.05, 4.69) is 19.2 Å². The number of esters is 1. The third-order valence-electron chi connectivity index (χ3n) is 4.13. The van der Waals surface area contributed by atoms with Gasteiger partial charge in [0.1, 0.15) is 5.75 Å². The maximum atomic E-state index is 12.5. The van der Waals surface area contributed by atoms with Crippen LogP contribution < -0.4 is 10.1 Å². The van der Waals surface area contributed by atoms with Gasteiger partial charge < -0.3 is 14.8 Å². The predicted octanol–water partition coefficient (Wildman–Crippen LogP) is 4.70. The number of amides is 1. The first-order valence-electron chi connectivity index (χ1n) is 9.17. The van der Waals surface area contributed by atoms with Crippen molar-refractivity contribution in [1.29, 1.82) is 0 Å². The first-order chi connectivity index (χ1) is 12.8. The van der Waals surface area contributed by atoms with Crippen LogP contribution in [0.4, 0.5) is 5.69 Å². The molecule has 0 aliphatic rings. The average Bonchev–Trinajstić information content (AvgIpc) is 2.62. The molecule has 1 atom stereocenters. The molecule has 0 bridgehead atoms. The van der Waals surface area contributed by atoms with Crippen LogP contribution in [0.5, 0.6) is 5.75 Å². The molecule has 0 fully saturated rings. The first-order valence-corrected chi connectivity index (χ1v) is 9.17. The summed E-state index contributed by atoms with van der Waals surface area (Å²) in [5.41, 5.74) is 3.19. The summed E-state index contributed by atoms with van der Waals surface area (Å²) >= 11 is 0. The zero-order chi connectivity index (χ0) is 20.0. The summed E-state index contributed by atoms with van der Waals surface area (Å²) in [7, 11) is 0. The predicted molar refractivity (Wildman–Crippen MR) is 106 cm³/mol. The highest BCUT2D eigenvalue weighted by Crippen LogP contribution is 2.28. The summed E-state index contributed by atoms with van der Waals surface area (Å²) in [6.07, 6.45) is -0.658. The van der Waals surface area contributed by atoms with Crippen molar-refractivity contribution >= 4 is 17.6 Å². The van der Waals surface area contributed by atoms with Gasteiger partial charge in [0, 0.05) is 5.69 Å². The second-order valence-electron chi connectivity index (χ2n) is 6.74. The van der Waals surface area contributed by atoms with E-state index in [9.17, 15) is 9.59 Å². The average molecular weight is 369 g/mol. The van der Waals surface area contributed by atoms with Crippen LogP contribution in [-0.2, 0) is 9.53 Å². The largest absolute Gasteiger partial charge is 0.481 e. The van der Waals surface area contributed by atoms with Crippen LogP contribution in [0.1, 0.15) is 55.1 Å². The minimum absolute atomic E-state index is 0.255. The molecule has 0 aliphatic carbocycles. The summed E-state index contributed by atoms with van der Waals surface area (Å²) in [5.74, 6) is 0.388. The molecule has 144 valence electrons. The Morgan fingerprint density at radius 1 is 1.04 bits per heavy atom. The van der Waals surface area contributed by atoms with E-state index in [1.165, 1.54) is 0 Å². The molecular weight excluding hydrogens is 342 g/mol. The zero-order valence-corrected chi connectivity index (χ0v) is 16.5. The van der Waals surface area contributed by atoms with Gasteiger partial charge >= 0.3 is 5.97 Å². The van der Waals surface area contributed by atoms with Crippen LogP contribution >= 0.6 is 0 Å². The van der Waals surface area contributed by atoms with Gasteiger partial charge in [-0.3, -0.25) is 4.79 Å². The molecule has 0 aromatic heterocycles. The molecule has 0 heterocycles. The fourth-order valence-electron chi connectivity index (χ4n) is 2.61. The fourth-order valence-corrected chi connectivity index (χ4v) is 2.61. The Hall–Kier alpha value is -2.82. The van der Waals surface area contributed by atoms with E-state index >= 15 is 0 Å². The molecule has 0 aliphatic heterocycles. The lowest BCUT2D eigenvalue weighted by Crippen LogP contribution is -2.30. The van der Waals surface area contributed by atoms with Crippen LogP contribution in [0.15, 0.2) is 42.5 Å². The van der Waals surface area contributed by atoms with Gasteiger partial charge in [-0.2, -0.15) is 0 Å². The Balaban J connectivity index is 2.04. The van der Waals surface area contributed by atoms with Gasteiger partial charge in [-0.25, -0.2) is 4.79 Å². The van der Waals surface area contributed by atoms with E-state index in [1.54, 1.807) is 38.1 Å². The normalized spacial score (nSPS) is 11.8. The number of carbonyl (C=O) groups excluding carboxylic acids is 2. The fraction of sp³-hybridized carbons (Fsp3) is 0.364. The lowest BCUT2D eigenvalue weighted by Gasteiger charge is -2.19. The van der Waals surface area contributed by atoms with Crippen molar-refractivity contribution in [2.24, 2.45) is 0 Å². The molecule has 0 saturated heterocycles. The van der Waals surface area contributed by atoms with Gasteiger partial charge in [0.2, 0.25) is 0 Å². The smallest absolute Gasteiger partial charge is 0.338 e. The number of carbonyl (C=O) groups is 2. The van der Waals surface area contributed by atoms with Gasteiger partial charge in [0.25, 0.3) is 5.91 Å². The summed E-state index contributed by atoms with van der Waals surface area (Å²) in [6.45, 7) is 9.97. The van der Waals surface area contributed by atoms with E-state index in [4.69, 9.17) is 9.47 Å². The highest BCUT2D eigenvalue weighted by molar-refractivity contribution is 5.95. The van der Waals surface area contributed by atoms with Crippen molar-refractivity contribution in [3.8, 4) is 5.75 Å². The Bertz CT molecular complexity index is 796. The van der Waals surface area contributed by atoms with Crippen LogP contribution in [0.25, 0.3) is 0 Å². The van der Waals surface area contributed by atoms with Gasteiger partial charge in [0.15, 0.2) is 6.10 Å². The van der Waals surface area contributed by atoms with Crippen molar-refractivity contribution in [2.45, 2.75) is 46.6 Å². The van der Waals surface area contributed by atoms with E-state index in [-0.39, 0.29) is 11.9 Å². The molecule has 0 unspecified atom stereocenters. The zero-order valence-electron chi connectivity index (χ0n) is 16.5. The molecule has 5 nitrogen and oxygen atoms in total. The van der Waals surface area contributed by atoms with Crippen LogP contribution in [-0.4, -0.2) is 24.6 Å². The lowest BCUT2D eigenvalue weighted by atomic mass is 10.0. The third kappa shape index (κ3) is 5.58. The second-order valence-corrected chi connectivity index (χ2v) is 6.74. The molecule has 5 heteroatoms. The van der Waals surface area contributed by atoms with E-state index in [0.29, 0.717) is 23.8 Å². The van der Waals surface area contributed by atoms with E-state index < -0.39 is 6.10 Å². The summed E-state index contributed by atoms with van der Waals surface area (Å²) in [4.78, 5) is 24.2. The quantitative estimate of drug-likeness (QED) is 0.719. The SMILES string of the molecule is CCOC(=O)c1ccc(NC(=O)[C@H](C)Oc2cc(C)ccc2C(C)C)cc1. The molecule has 0 saturated carbocycles. The van der Waals surface area contributed by atoms with Crippen LogP contribution in [0, 0.1) is 6.92 Å². The third-order valence-corrected chi connectivity index (χ3v) is 4.13. The minimum Gasteiger partial charge on any atom is -0.481 e. The van der Waals surface area contributed by atoms with Gasteiger partial charge in [-0.1, -0.05) is 26.0 Å². The Morgan fingerprint density at radius 2 is 1.70 bits per heavy atom. The van der Waals surface area contributed by atoms with Gasteiger partial charge in [-0.15, -0.1) is 0 Å². The number of ether oxygens (including phenoxy) is 2. The molecule has 2 rings (SSSR count). The molecule has 0 radical (unpaired) electrons. The number of nitrogens with one attached hydrogen (secondary N) is 1. The molecule has 1 N–H and O–H groups in total. The number of hydrogen-bond donors (Lipinski definition) is 1. The van der Waals surface area contributed by atoms with Crippen molar-refractivity contribution in [3.63, 3.8) is 0 Å². The summed E-state index contributed by atoms with van der Waals surface area (Å²) < 4.78 is 10.9. The maximum Gasteiger partial charge on any atom is 0.338 e. The van der Waals surface area contributed by atoms with E-state index in [1.807, 2.05) is 25.1 Å². The summed E-state index contributed by atoms with van der Waals surface area (Å²) in [5, 5.41) is 2.81. The Morgan fingerprint density at radius 3 is 2.30 bits per heavy atom. The number of benzene rings is 2. The van der Waals surface area contributed by atoms with Crippen molar-refractivity contribution in [3.05, 3.63) is 59.2 Å². The molecular formula is C22H27NO4. The first kappa shape index (κ1) is 20.5. The number of anilines is 1. The monoisotopic (exact) mass is 369 g/mol. The number of hydrogen-bond acceptors (Lipinski definition) is 4. The highest BCUT2D eigenvalue weighted by atomic mass is 16.5. The molecule has 0 spiro atoms. The molecule has 1 amide bonds. The molecule has 2 aromatic carbocycles. The number of rotatable bonds is 7. The molecule has 27 heavy (non-hydrogen) atoms.